The van der Waals surface area contributed by atoms with Crippen LogP contribution in [0.4, 0.5) is 0 Å². The second-order valence-corrected chi connectivity index (χ2v) is 5.39. The second kappa shape index (κ2) is 8.05. The molecule has 2 atom stereocenters. The monoisotopic (exact) mass is 276 g/mol. The van der Waals surface area contributed by atoms with Crippen LogP contribution in [-0.2, 0) is 9.53 Å². The lowest BCUT2D eigenvalue weighted by atomic mass is 10.1. The van der Waals surface area contributed by atoms with Gasteiger partial charge in [-0.1, -0.05) is 63.6 Å². The molecule has 1 saturated heterocycles. The molecule has 20 heavy (non-hydrogen) atoms. The molecular weight excluding hydrogens is 252 g/mol. The van der Waals surface area contributed by atoms with Gasteiger partial charge in [-0.05, 0) is 18.6 Å². The first-order valence-electron chi connectivity index (χ1n) is 7.73. The van der Waals surface area contributed by atoms with Crippen LogP contribution in [0.5, 0.6) is 5.75 Å². The number of carbonyl (C=O) groups excluding carboxylic acids is 1. The lowest BCUT2D eigenvalue weighted by Gasteiger charge is -2.01. The van der Waals surface area contributed by atoms with E-state index < -0.39 is 0 Å². The van der Waals surface area contributed by atoms with Crippen LogP contribution in [0.15, 0.2) is 30.3 Å². The summed E-state index contributed by atoms with van der Waals surface area (Å²) in [6, 6.07) is 9.16. The summed E-state index contributed by atoms with van der Waals surface area (Å²) in [6.07, 6.45) is 8.31. The summed E-state index contributed by atoms with van der Waals surface area (Å²) in [4.78, 5) is 11.8. The van der Waals surface area contributed by atoms with Gasteiger partial charge >= 0.3 is 5.97 Å². The quantitative estimate of drug-likeness (QED) is 0.295. The van der Waals surface area contributed by atoms with Gasteiger partial charge in [0.25, 0.3) is 0 Å². The Morgan fingerprint density at radius 3 is 2.55 bits per heavy atom. The summed E-state index contributed by atoms with van der Waals surface area (Å²) in [5.74, 6) is 0.332. The average molecular weight is 276 g/mol. The van der Waals surface area contributed by atoms with Crippen LogP contribution >= 0.6 is 0 Å². The Hall–Kier alpha value is -1.35. The fourth-order valence-corrected chi connectivity index (χ4v) is 2.36. The molecule has 1 heterocycles. The van der Waals surface area contributed by atoms with Gasteiger partial charge in [-0.15, -0.1) is 0 Å². The molecule has 1 aromatic rings. The third-order valence-electron chi connectivity index (χ3n) is 3.62. The van der Waals surface area contributed by atoms with E-state index in [1.807, 2.05) is 18.2 Å². The third kappa shape index (κ3) is 4.97. The van der Waals surface area contributed by atoms with Crippen LogP contribution < -0.4 is 4.74 Å². The third-order valence-corrected chi connectivity index (χ3v) is 3.62. The zero-order valence-electron chi connectivity index (χ0n) is 12.2. The molecule has 110 valence electrons. The minimum atomic E-state index is -0.342. The molecule has 2 rings (SSSR count). The van der Waals surface area contributed by atoms with Crippen molar-refractivity contribution in [3.05, 3.63) is 30.3 Å². The number of rotatable bonds is 9. The highest BCUT2D eigenvalue weighted by Gasteiger charge is 2.45. The number of unbranched alkanes of at least 4 members (excludes halogenated alkanes) is 5. The van der Waals surface area contributed by atoms with Crippen molar-refractivity contribution < 1.29 is 14.3 Å². The molecule has 0 aromatic heterocycles. The SMILES string of the molecule is CCCCCCCC[C@H]1O[C@@H]1C(=O)Oc1ccccc1. The van der Waals surface area contributed by atoms with Gasteiger partial charge in [0.05, 0.1) is 6.10 Å². The van der Waals surface area contributed by atoms with Crippen molar-refractivity contribution in [1.82, 2.24) is 0 Å². The van der Waals surface area contributed by atoms with E-state index in [2.05, 4.69) is 6.92 Å². The van der Waals surface area contributed by atoms with Crippen molar-refractivity contribution in [3.8, 4) is 5.75 Å². The molecule has 3 heteroatoms. The van der Waals surface area contributed by atoms with Gasteiger partial charge in [-0.3, -0.25) is 0 Å². The molecule has 1 aromatic carbocycles. The van der Waals surface area contributed by atoms with Crippen LogP contribution in [0.3, 0.4) is 0 Å². The van der Waals surface area contributed by atoms with Gasteiger partial charge in [-0.2, -0.15) is 0 Å². The molecule has 1 fully saturated rings. The van der Waals surface area contributed by atoms with Crippen molar-refractivity contribution in [3.63, 3.8) is 0 Å². The van der Waals surface area contributed by atoms with Crippen LogP contribution in [0.2, 0.25) is 0 Å². The maximum atomic E-state index is 11.8. The topological polar surface area (TPSA) is 38.8 Å². The average Bonchev–Trinajstić information content (AvgIpc) is 3.23. The molecule has 0 unspecified atom stereocenters. The zero-order valence-corrected chi connectivity index (χ0v) is 12.2. The van der Waals surface area contributed by atoms with Crippen molar-refractivity contribution in [2.45, 2.75) is 64.1 Å². The fourth-order valence-electron chi connectivity index (χ4n) is 2.36. The van der Waals surface area contributed by atoms with E-state index in [4.69, 9.17) is 9.47 Å². The van der Waals surface area contributed by atoms with E-state index in [0.717, 1.165) is 12.8 Å². The number of ether oxygens (including phenoxy) is 2. The van der Waals surface area contributed by atoms with Crippen LogP contribution in [0, 0.1) is 0 Å². The summed E-state index contributed by atoms with van der Waals surface area (Å²) in [7, 11) is 0. The maximum Gasteiger partial charge on any atom is 0.343 e. The van der Waals surface area contributed by atoms with Crippen molar-refractivity contribution in [2.24, 2.45) is 0 Å². The largest absolute Gasteiger partial charge is 0.425 e. The number of para-hydroxylation sites is 1. The molecule has 0 amide bonds. The van der Waals surface area contributed by atoms with Gasteiger partial charge in [-0.25, -0.2) is 4.79 Å². The van der Waals surface area contributed by atoms with E-state index >= 15 is 0 Å². The fraction of sp³-hybridized carbons (Fsp3) is 0.588. The van der Waals surface area contributed by atoms with E-state index in [-0.39, 0.29) is 18.2 Å². The minimum Gasteiger partial charge on any atom is -0.425 e. The Kier molecular flexibility index (Phi) is 6.06. The first-order chi connectivity index (χ1) is 9.81. The van der Waals surface area contributed by atoms with Crippen molar-refractivity contribution in [1.29, 1.82) is 0 Å². The lowest BCUT2D eigenvalue weighted by molar-refractivity contribution is -0.135. The molecule has 3 nitrogen and oxygen atoms in total. The molecule has 0 aliphatic carbocycles. The van der Waals surface area contributed by atoms with Crippen LogP contribution in [0.25, 0.3) is 0 Å². The molecule has 0 N–H and O–H groups in total. The van der Waals surface area contributed by atoms with Gasteiger partial charge in [0.15, 0.2) is 6.10 Å². The first kappa shape index (κ1) is 15.0. The molecular formula is C17H24O3. The van der Waals surface area contributed by atoms with Gasteiger partial charge in [0.1, 0.15) is 5.75 Å². The normalized spacial score (nSPS) is 20.6. The highest BCUT2D eigenvalue weighted by molar-refractivity contribution is 5.80. The Morgan fingerprint density at radius 2 is 1.80 bits per heavy atom. The van der Waals surface area contributed by atoms with Gasteiger partial charge in [0.2, 0.25) is 0 Å². The first-order valence-corrected chi connectivity index (χ1v) is 7.73. The number of hydrogen-bond donors (Lipinski definition) is 0. The summed E-state index contributed by atoms with van der Waals surface area (Å²) < 4.78 is 10.7. The highest BCUT2D eigenvalue weighted by Crippen LogP contribution is 2.29. The molecule has 0 radical (unpaired) electrons. The Balaban J connectivity index is 1.57. The molecule has 0 saturated carbocycles. The summed E-state index contributed by atoms with van der Waals surface area (Å²) in [5, 5.41) is 0. The molecule has 0 bridgehead atoms. The Labute approximate surface area is 121 Å². The zero-order chi connectivity index (χ0) is 14.2. The van der Waals surface area contributed by atoms with Gasteiger partial charge in [0, 0.05) is 0 Å². The number of benzene rings is 1. The van der Waals surface area contributed by atoms with Crippen molar-refractivity contribution in [2.75, 3.05) is 0 Å². The number of hydrogen-bond acceptors (Lipinski definition) is 3. The summed E-state index contributed by atoms with van der Waals surface area (Å²) >= 11 is 0. The lowest BCUT2D eigenvalue weighted by Crippen LogP contribution is -2.17. The van der Waals surface area contributed by atoms with E-state index in [0.29, 0.717) is 5.75 Å². The smallest absolute Gasteiger partial charge is 0.343 e. The molecule has 1 aliphatic rings. The van der Waals surface area contributed by atoms with Crippen LogP contribution in [0.1, 0.15) is 51.9 Å². The maximum absolute atomic E-state index is 11.8. The minimum absolute atomic E-state index is 0.0809. The molecule has 0 spiro atoms. The predicted molar refractivity (Wildman–Crippen MR) is 78.7 cm³/mol. The Morgan fingerprint density at radius 1 is 1.10 bits per heavy atom. The Bertz CT molecular complexity index is 402. The van der Waals surface area contributed by atoms with E-state index in [9.17, 15) is 4.79 Å². The number of carbonyl (C=O) groups is 1. The number of esters is 1. The van der Waals surface area contributed by atoms with Crippen LogP contribution in [-0.4, -0.2) is 18.2 Å². The molecule has 1 aliphatic heterocycles. The second-order valence-electron chi connectivity index (χ2n) is 5.39. The predicted octanol–water partition coefficient (Wildman–Crippen LogP) is 4.11. The van der Waals surface area contributed by atoms with Gasteiger partial charge < -0.3 is 9.47 Å². The standard InChI is InChI=1S/C17H24O3/c1-2-3-4-5-6-10-13-15-16(20-15)17(18)19-14-11-8-7-9-12-14/h7-9,11-12,15-16H,2-6,10,13H2,1H3/t15-,16+/m1/s1. The van der Waals surface area contributed by atoms with Crippen molar-refractivity contribution >= 4 is 5.97 Å². The summed E-state index contributed by atoms with van der Waals surface area (Å²) in [5.41, 5.74) is 0. The highest BCUT2D eigenvalue weighted by atomic mass is 16.6. The van der Waals surface area contributed by atoms with E-state index in [1.165, 1.54) is 32.1 Å². The summed E-state index contributed by atoms with van der Waals surface area (Å²) in [6.45, 7) is 2.22. The van der Waals surface area contributed by atoms with E-state index in [1.54, 1.807) is 12.1 Å². The number of epoxide rings is 1.